The van der Waals surface area contributed by atoms with Crippen molar-refractivity contribution in [2.45, 2.75) is 24.4 Å². The summed E-state index contributed by atoms with van der Waals surface area (Å²) in [6, 6.07) is 22.8. The minimum absolute atomic E-state index is 0.0191. The van der Waals surface area contributed by atoms with Crippen LogP contribution >= 0.6 is 11.8 Å². The number of hydrogen-bond donors (Lipinski definition) is 0. The highest BCUT2D eigenvalue weighted by molar-refractivity contribution is 7.99. The van der Waals surface area contributed by atoms with Gasteiger partial charge in [0.1, 0.15) is 5.82 Å². The Kier molecular flexibility index (Phi) is 8.70. The van der Waals surface area contributed by atoms with Crippen LogP contribution in [-0.2, 0) is 4.79 Å². The molecule has 0 bridgehead atoms. The van der Waals surface area contributed by atoms with Crippen molar-refractivity contribution in [2.75, 3.05) is 36.8 Å². The van der Waals surface area contributed by atoms with Gasteiger partial charge in [0, 0.05) is 61.7 Å². The molecule has 11 heteroatoms. The summed E-state index contributed by atoms with van der Waals surface area (Å²) in [6.07, 6.45) is 2.06. The fraction of sp³-hybridized carbons (Fsp3) is 0.276. The van der Waals surface area contributed by atoms with E-state index in [0.717, 1.165) is 35.0 Å². The minimum Gasteiger partial charge on any atom is -0.366 e. The van der Waals surface area contributed by atoms with Gasteiger partial charge in [0.25, 0.3) is 5.69 Å². The molecule has 0 spiro atoms. The maximum atomic E-state index is 14.1. The summed E-state index contributed by atoms with van der Waals surface area (Å²) in [6.45, 7) is 2.42. The van der Waals surface area contributed by atoms with E-state index in [9.17, 15) is 19.3 Å². The van der Waals surface area contributed by atoms with Crippen LogP contribution in [0.3, 0.4) is 0 Å². The van der Waals surface area contributed by atoms with E-state index in [-0.39, 0.29) is 17.4 Å². The van der Waals surface area contributed by atoms with Crippen molar-refractivity contribution in [1.82, 2.24) is 19.7 Å². The van der Waals surface area contributed by atoms with Gasteiger partial charge >= 0.3 is 0 Å². The van der Waals surface area contributed by atoms with E-state index in [1.807, 2.05) is 50.8 Å². The van der Waals surface area contributed by atoms with E-state index in [1.165, 1.54) is 18.2 Å². The zero-order valence-electron chi connectivity index (χ0n) is 21.9. The first-order valence-corrected chi connectivity index (χ1v) is 14.2. The number of benzene rings is 3. The lowest BCUT2D eigenvalue weighted by molar-refractivity contribution is -0.384. The monoisotopic (exact) mass is 560 g/mol. The minimum atomic E-state index is -0.427. The molecular weight excluding hydrogens is 531 g/mol. The SMILES string of the molecule is O=C(CCCCSc1nnc(-c2ccc([N+](=O)[O-])cc2)n1-c1ccccc1)N1CCN(c2ccccc2F)CC1. The van der Waals surface area contributed by atoms with Gasteiger partial charge in [-0.15, -0.1) is 10.2 Å². The molecule has 1 fully saturated rings. The highest BCUT2D eigenvalue weighted by Gasteiger charge is 2.22. The van der Waals surface area contributed by atoms with Crippen LogP contribution in [0.4, 0.5) is 15.8 Å². The Hall–Kier alpha value is -4.25. The van der Waals surface area contributed by atoms with E-state index < -0.39 is 4.92 Å². The third-order valence-electron chi connectivity index (χ3n) is 6.83. The van der Waals surface area contributed by atoms with Gasteiger partial charge in [0.15, 0.2) is 11.0 Å². The van der Waals surface area contributed by atoms with Crippen LogP contribution in [0, 0.1) is 15.9 Å². The van der Waals surface area contributed by atoms with E-state index in [1.54, 1.807) is 36.0 Å². The molecule has 1 amide bonds. The van der Waals surface area contributed by atoms with E-state index >= 15 is 0 Å². The maximum absolute atomic E-state index is 14.1. The molecule has 9 nitrogen and oxygen atoms in total. The molecular formula is C29H29FN6O3S. The molecule has 0 atom stereocenters. The van der Waals surface area contributed by atoms with Gasteiger partial charge in [-0.1, -0.05) is 42.1 Å². The molecule has 206 valence electrons. The molecule has 40 heavy (non-hydrogen) atoms. The Balaban J connectivity index is 1.14. The molecule has 2 heterocycles. The van der Waals surface area contributed by atoms with E-state index in [2.05, 4.69) is 10.2 Å². The van der Waals surface area contributed by atoms with Gasteiger partial charge < -0.3 is 9.80 Å². The maximum Gasteiger partial charge on any atom is 0.269 e. The first-order chi connectivity index (χ1) is 19.5. The predicted molar refractivity (Wildman–Crippen MR) is 153 cm³/mol. The molecule has 1 aliphatic rings. The van der Waals surface area contributed by atoms with Gasteiger partial charge in [0.05, 0.1) is 10.6 Å². The highest BCUT2D eigenvalue weighted by Crippen LogP contribution is 2.29. The summed E-state index contributed by atoms with van der Waals surface area (Å²) in [4.78, 5) is 27.2. The number of aromatic nitrogens is 3. The van der Waals surface area contributed by atoms with Crippen LogP contribution in [0.1, 0.15) is 19.3 Å². The summed E-state index contributed by atoms with van der Waals surface area (Å²) in [5.74, 6) is 1.27. The van der Waals surface area contributed by atoms with Gasteiger partial charge in [-0.25, -0.2) is 4.39 Å². The summed E-state index contributed by atoms with van der Waals surface area (Å²) < 4.78 is 16.0. The Bertz CT molecular complexity index is 1460. The number of nitro groups is 1. The number of unbranched alkanes of at least 4 members (excludes halogenated alkanes) is 1. The molecule has 1 aliphatic heterocycles. The number of hydrogen-bond acceptors (Lipinski definition) is 7. The molecule has 0 N–H and O–H groups in total. The number of piperazine rings is 1. The first kappa shape index (κ1) is 27.3. The Labute approximate surface area is 235 Å². The summed E-state index contributed by atoms with van der Waals surface area (Å²) in [5.41, 5.74) is 2.24. The predicted octanol–water partition coefficient (Wildman–Crippen LogP) is 5.59. The van der Waals surface area contributed by atoms with Crippen molar-refractivity contribution < 1.29 is 14.1 Å². The van der Waals surface area contributed by atoms with E-state index in [0.29, 0.717) is 44.1 Å². The number of nitro benzene ring substituents is 1. The third kappa shape index (κ3) is 6.31. The first-order valence-electron chi connectivity index (χ1n) is 13.2. The van der Waals surface area contributed by atoms with Crippen molar-refractivity contribution >= 4 is 29.0 Å². The van der Waals surface area contributed by atoms with Crippen molar-refractivity contribution in [3.63, 3.8) is 0 Å². The highest BCUT2D eigenvalue weighted by atomic mass is 32.2. The molecule has 4 aromatic rings. The molecule has 1 saturated heterocycles. The second kappa shape index (κ2) is 12.7. The number of carbonyl (C=O) groups is 1. The largest absolute Gasteiger partial charge is 0.366 e. The number of rotatable bonds is 10. The molecule has 0 radical (unpaired) electrons. The van der Waals surface area contributed by atoms with Crippen LogP contribution < -0.4 is 4.90 Å². The normalized spacial score (nSPS) is 13.4. The number of para-hydroxylation sites is 2. The molecule has 0 saturated carbocycles. The van der Waals surface area contributed by atoms with Crippen LogP contribution in [0.15, 0.2) is 84.0 Å². The van der Waals surface area contributed by atoms with Gasteiger partial charge in [0.2, 0.25) is 5.91 Å². The fourth-order valence-electron chi connectivity index (χ4n) is 4.70. The van der Waals surface area contributed by atoms with Crippen LogP contribution in [0.2, 0.25) is 0 Å². The molecule has 1 aromatic heterocycles. The number of anilines is 1. The smallest absolute Gasteiger partial charge is 0.269 e. The number of thioether (sulfide) groups is 1. The Morgan fingerprint density at radius 1 is 0.900 bits per heavy atom. The summed E-state index contributed by atoms with van der Waals surface area (Å²) in [5, 5.41) is 20.6. The Morgan fingerprint density at radius 3 is 2.30 bits per heavy atom. The lowest BCUT2D eigenvalue weighted by Gasteiger charge is -2.36. The Morgan fingerprint density at radius 2 is 1.60 bits per heavy atom. The van der Waals surface area contributed by atoms with Gasteiger partial charge in [-0.2, -0.15) is 0 Å². The van der Waals surface area contributed by atoms with Crippen LogP contribution in [-0.4, -0.2) is 62.4 Å². The average Bonchev–Trinajstić information content (AvgIpc) is 3.41. The van der Waals surface area contributed by atoms with Crippen LogP contribution in [0.25, 0.3) is 17.1 Å². The standard InChI is InChI=1S/C29H29FN6O3S/c30-25-10-4-5-11-26(25)33-17-19-34(20-18-33)27(37)12-6-7-21-40-29-32-31-28(35(29)23-8-2-1-3-9-23)22-13-15-24(16-14-22)36(38)39/h1-5,8-11,13-16H,6-7,12,17-21H2. The summed E-state index contributed by atoms with van der Waals surface area (Å²) in [7, 11) is 0. The quantitative estimate of drug-likeness (QED) is 0.108. The number of halogens is 1. The number of amides is 1. The molecule has 0 aliphatic carbocycles. The van der Waals surface area contributed by atoms with Crippen molar-refractivity contribution in [2.24, 2.45) is 0 Å². The second-order valence-corrected chi connectivity index (χ2v) is 10.5. The van der Waals surface area contributed by atoms with Gasteiger partial charge in [-0.05, 0) is 49.2 Å². The van der Waals surface area contributed by atoms with Crippen molar-refractivity contribution in [3.8, 4) is 17.1 Å². The topological polar surface area (TPSA) is 97.4 Å². The molecule has 0 unspecified atom stereocenters. The number of carbonyl (C=O) groups excluding carboxylic acids is 1. The zero-order chi connectivity index (χ0) is 27.9. The van der Waals surface area contributed by atoms with Crippen molar-refractivity contribution in [1.29, 1.82) is 0 Å². The number of nitrogens with zero attached hydrogens (tertiary/aromatic N) is 6. The zero-order valence-corrected chi connectivity index (χ0v) is 22.7. The molecule has 5 rings (SSSR count). The second-order valence-electron chi connectivity index (χ2n) is 9.41. The fourth-order valence-corrected chi connectivity index (χ4v) is 5.65. The van der Waals surface area contributed by atoms with Crippen molar-refractivity contribution in [3.05, 3.63) is 94.8 Å². The van der Waals surface area contributed by atoms with Gasteiger partial charge in [-0.3, -0.25) is 19.5 Å². The van der Waals surface area contributed by atoms with E-state index in [4.69, 9.17) is 0 Å². The van der Waals surface area contributed by atoms with Crippen LogP contribution in [0.5, 0.6) is 0 Å². The number of non-ortho nitro benzene ring substituents is 1. The lowest BCUT2D eigenvalue weighted by Crippen LogP contribution is -2.49. The summed E-state index contributed by atoms with van der Waals surface area (Å²) >= 11 is 1.57. The average molecular weight is 561 g/mol. The third-order valence-corrected chi connectivity index (χ3v) is 7.84. The lowest BCUT2D eigenvalue weighted by atomic mass is 10.2. The molecule has 3 aromatic carbocycles.